The Balaban J connectivity index is -0.000000441. The molecule has 0 aliphatic carbocycles. The van der Waals surface area contributed by atoms with E-state index in [1.807, 2.05) is 27.7 Å². The number of esters is 2. The van der Waals surface area contributed by atoms with Crippen molar-refractivity contribution in [3.8, 4) is 0 Å². The molecule has 10 heteroatoms. The first-order valence-corrected chi connectivity index (χ1v) is 10.6. The summed E-state index contributed by atoms with van der Waals surface area (Å²) in [6.07, 6.45) is 1.49. The van der Waals surface area contributed by atoms with Crippen LogP contribution in [0.3, 0.4) is 0 Å². The van der Waals surface area contributed by atoms with E-state index in [4.69, 9.17) is 14.2 Å². The second kappa shape index (κ2) is 16.2. The molecule has 162 valence electrons. The van der Waals surface area contributed by atoms with Crippen LogP contribution in [0.1, 0.15) is 60.8 Å². The van der Waals surface area contributed by atoms with Gasteiger partial charge in [-0.15, -0.1) is 0 Å². The van der Waals surface area contributed by atoms with Crippen molar-refractivity contribution in [3.63, 3.8) is 0 Å². The van der Waals surface area contributed by atoms with Gasteiger partial charge in [-0.3, -0.25) is 9.59 Å². The maximum Gasteiger partial charge on any atom is 1.00 e. The zero-order chi connectivity index (χ0) is 21.7. The van der Waals surface area contributed by atoms with Crippen molar-refractivity contribution in [1.82, 2.24) is 0 Å². The fraction of sp³-hybridized carbons (Fsp3) is 0.889. The number of methoxy groups -OCH3 is 1. The molecule has 28 heavy (non-hydrogen) atoms. The molecule has 0 radical (unpaired) electrons. The molecule has 0 atom stereocenters. The maximum atomic E-state index is 11.4. The molecule has 0 saturated carbocycles. The zero-order valence-electron chi connectivity index (χ0n) is 18.6. The summed E-state index contributed by atoms with van der Waals surface area (Å²) in [5.41, 5.74) is -0.927. The smallest absolute Gasteiger partial charge is 0.748 e. The molecule has 0 aromatic rings. The predicted octanol–water partition coefficient (Wildman–Crippen LogP) is -0.483. The van der Waals surface area contributed by atoms with E-state index in [9.17, 15) is 22.6 Å². The number of rotatable bonds is 11. The molecule has 0 aliphatic rings. The fourth-order valence-electron chi connectivity index (χ4n) is 1.30. The average molecular weight is 451 g/mol. The van der Waals surface area contributed by atoms with Gasteiger partial charge in [-0.1, -0.05) is 13.8 Å². The van der Waals surface area contributed by atoms with E-state index in [0.717, 1.165) is 6.42 Å². The first-order valence-electron chi connectivity index (χ1n) is 9.00. The second-order valence-corrected chi connectivity index (χ2v) is 8.88. The van der Waals surface area contributed by atoms with Crippen molar-refractivity contribution in [3.05, 3.63) is 0 Å². The van der Waals surface area contributed by atoms with Crippen LogP contribution in [0, 0.1) is 10.8 Å². The Labute approximate surface area is 212 Å². The van der Waals surface area contributed by atoms with Crippen LogP contribution in [0.15, 0.2) is 0 Å². The third-order valence-corrected chi connectivity index (χ3v) is 4.95. The molecule has 0 aromatic heterocycles. The second-order valence-electron chi connectivity index (χ2n) is 7.35. The fourth-order valence-corrected chi connectivity index (χ4v) is 1.77. The van der Waals surface area contributed by atoms with Gasteiger partial charge in [0.2, 0.25) is 0 Å². The minimum atomic E-state index is -4.20. The summed E-state index contributed by atoms with van der Waals surface area (Å²) in [7, 11) is -2.62. The monoisotopic (exact) mass is 450 g/mol. The summed E-state index contributed by atoms with van der Waals surface area (Å²) in [4.78, 5) is 22.7. The van der Waals surface area contributed by atoms with E-state index in [-0.39, 0.29) is 81.8 Å². The van der Waals surface area contributed by atoms with Gasteiger partial charge in [0, 0.05) is 12.9 Å². The van der Waals surface area contributed by atoms with E-state index in [1.54, 1.807) is 21.0 Å². The minimum absolute atomic E-state index is 0. The Morgan fingerprint density at radius 2 is 1.25 bits per heavy atom. The molecular weight excluding hydrogens is 415 g/mol. The van der Waals surface area contributed by atoms with E-state index in [1.165, 1.54) is 0 Å². The van der Waals surface area contributed by atoms with Crippen LogP contribution in [-0.4, -0.2) is 57.6 Å². The van der Waals surface area contributed by atoms with E-state index < -0.39 is 21.3 Å². The summed E-state index contributed by atoms with van der Waals surface area (Å²) in [5.74, 6) is -1.01. The number of hydrogen-bond acceptors (Lipinski definition) is 8. The third kappa shape index (κ3) is 17.3. The molecule has 0 fully saturated rings. The van der Waals surface area contributed by atoms with Crippen LogP contribution >= 0.6 is 0 Å². The standard InChI is InChI=1S/C9H18O5S.C9H18O3.K/c1-4-9(2,3)8(10)14-6-5-7-15(11,12)13;1-5-9(2,3)8(10)12-7-6-11-4;/h4-7H2,1-3H3,(H,11,12,13);5-7H2,1-4H3;/q;;+1/p-1. The van der Waals surface area contributed by atoms with Crippen molar-refractivity contribution < 1.29 is 88.2 Å². The molecule has 0 aliphatic heterocycles. The summed E-state index contributed by atoms with van der Waals surface area (Å²) in [6, 6.07) is 0. The molecule has 0 N–H and O–H groups in total. The van der Waals surface area contributed by atoms with E-state index in [2.05, 4.69) is 0 Å². The van der Waals surface area contributed by atoms with Gasteiger partial charge in [0.15, 0.2) is 0 Å². The van der Waals surface area contributed by atoms with Gasteiger partial charge in [0.05, 0.1) is 34.2 Å². The van der Waals surface area contributed by atoms with Gasteiger partial charge in [-0.05, 0) is 47.0 Å². The van der Waals surface area contributed by atoms with Crippen LogP contribution in [0.5, 0.6) is 0 Å². The number of carbonyl (C=O) groups excluding carboxylic acids is 2. The Morgan fingerprint density at radius 1 is 0.857 bits per heavy atom. The first-order chi connectivity index (χ1) is 12.2. The predicted molar refractivity (Wildman–Crippen MR) is 101 cm³/mol. The maximum absolute atomic E-state index is 11.4. The van der Waals surface area contributed by atoms with Crippen molar-refractivity contribution in [1.29, 1.82) is 0 Å². The molecule has 8 nitrogen and oxygen atoms in total. The van der Waals surface area contributed by atoms with Crippen LogP contribution in [-0.2, 0) is 33.9 Å². The summed E-state index contributed by atoms with van der Waals surface area (Å²) < 4.78 is 45.3. The van der Waals surface area contributed by atoms with Crippen molar-refractivity contribution in [2.75, 3.05) is 32.7 Å². The molecule has 0 bridgehead atoms. The Kier molecular flexibility index (Phi) is 19.1. The molecule has 0 unspecified atom stereocenters. The van der Waals surface area contributed by atoms with Crippen molar-refractivity contribution in [2.45, 2.75) is 60.8 Å². The molecule has 0 aromatic carbocycles. The summed E-state index contributed by atoms with van der Waals surface area (Å²) in [5, 5.41) is 0. The Bertz CT molecular complexity index is 544. The quantitative estimate of drug-likeness (QED) is 0.179. The Morgan fingerprint density at radius 3 is 1.57 bits per heavy atom. The number of carbonyl (C=O) groups is 2. The molecule has 0 amide bonds. The molecule has 0 rings (SSSR count). The average Bonchev–Trinajstić information content (AvgIpc) is 2.58. The minimum Gasteiger partial charge on any atom is -0.748 e. The van der Waals surface area contributed by atoms with Gasteiger partial charge < -0.3 is 18.8 Å². The van der Waals surface area contributed by atoms with E-state index in [0.29, 0.717) is 19.6 Å². The van der Waals surface area contributed by atoms with Crippen LogP contribution in [0.4, 0.5) is 0 Å². The number of ether oxygens (including phenoxy) is 3. The molecule has 0 saturated heterocycles. The zero-order valence-corrected chi connectivity index (χ0v) is 22.6. The topological polar surface area (TPSA) is 119 Å². The van der Waals surface area contributed by atoms with Gasteiger partial charge in [-0.25, -0.2) is 8.42 Å². The van der Waals surface area contributed by atoms with Crippen LogP contribution in [0.2, 0.25) is 0 Å². The van der Waals surface area contributed by atoms with Crippen LogP contribution in [0.25, 0.3) is 0 Å². The van der Waals surface area contributed by atoms with Crippen molar-refractivity contribution in [2.24, 2.45) is 10.8 Å². The van der Waals surface area contributed by atoms with Gasteiger partial charge in [-0.2, -0.15) is 0 Å². The van der Waals surface area contributed by atoms with Gasteiger partial charge >= 0.3 is 63.3 Å². The van der Waals surface area contributed by atoms with Crippen LogP contribution < -0.4 is 51.4 Å². The molecular formula is C18H35KO8S. The largest absolute Gasteiger partial charge is 1.00 e. The van der Waals surface area contributed by atoms with Gasteiger partial charge in [0.1, 0.15) is 6.61 Å². The molecule has 0 spiro atoms. The molecule has 0 heterocycles. The van der Waals surface area contributed by atoms with Crippen molar-refractivity contribution >= 4 is 22.1 Å². The summed E-state index contributed by atoms with van der Waals surface area (Å²) in [6.45, 7) is 11.9. The Hall–Kier alpha value is 0.446. The SMILES string of the molecule is CCC(C)(C)C(=O)OCCCS(=O)(=O)[O-].CCC(C)(C)C(=O)OCCOC.[K+]. The first kappa shape index (κ1) is 33.1. The normalized spacial score (nSPS) is 11.6. The third-order valence-electron chi connectivity index (χ3n) is 4.17. The van der Waals surface area contributed by atoms with Gasteiger partial charge in [0.25, 0.3) is 0 Å². The number of hydrogen-bond donors (Lipinski definition) is 0. The summed E-state index contributed by atoms with van der Waals surface area (Å²) >= 11 is 0. The van der Waals surface area contributed by atoms with E-state index >= 15 is 0 Å².